The highest BCUT2D eigenvalue weighted by Gasteiger charge is 2.24. The summed E-state index contributed by atoms with van der Waals surface area (Å²) in [5, 5.41) is 9.13. The van der Waals surface area contributed by atoms with Gasteiger partial charge in [-0.25, -0.2) is 4.52 Å². The summed E-state index contributed by atoms with van der Waals surface area (Å²) >= 11 is 3.57. The molecule has 1 aliphatic rings. The molecular formula is C16H17BrN4O. The van der Waals surface area contributed by atoms with E-state index in [1.807, 2.05) is 22.7 Å². The highest BCUT2D eigenvalue weighted by molar-refractivity contribution is 9.10. The molecular weight excluding hydrogens is 344 g/mol. The average molecular weight is 361 g/mol. The van der Waals surface area contributed by atoms with Gasteiger partial charge in [0, 0.05) is 22.5 Å². The Morgan fingerprint density at radius 2 is 2.27 bits per heavy atom. The molecule has 6 heteroatoms. The monoisotopic (exact) mass is 360 g/mol. The van der Waals surface area contributed by atoms with Crippen LogP contribution in [0.25, 0.3) is 16.6 Å². The third-order valence-corrected chi connectivity index (χ3v) is 5.12. The van der Waals surface area contributed by atoms with Crippen molar-refractivity contribution in [2.45, 2.75) is 31.7 Å². The zero-order valence-electron chi connectivity index (χ0n) is 12.3. The lowest BCUT2D eigenvalue weighted by molar-refractivity contribution is 0.372. The maximum atomic E-state index is 12.2. The van der Waals surface area contributed by atoms with E-state index >= 15 is 0 Å². The van der Waals surface area contributed by atoms with Crippen LogP contribution < -0.4 is 10.9 Å². The van der Waals surface area contributed by atoms with Gasteiger partial charge >= 0.3 is 0 Å². The van der Waals surface area contributed by atoms with Crippen LogP contribution in [0.15, 0.2) is 33.5 Å². The lowest BCUT2D eigenvalue weighted by Gasteiger charge is -2.28. The number of halogens is 1. The van der Waals surface area contributed by atoms with Gasteiger partial charge in [0.1, 0.15) is 5.65 Å². The van der Waals surface area contributed by atoms with E-state index in [1.54, 1.807) is 6.07 Å². The van der Waals surface area contributed by atoms with Crippen molar-refractivity contribution in [1.29, 1.82) is 0 Å². The lowest BCUT2D eigenvalue weighted by atomic mass is 9.90. The molecule has 114 valence electrons. The number of nitrogens with zero attached hydrogens (tertiary/aromatic N) is 2. The Bertz CT molecular complexity index is 914. The molecule has 0 amide bonds. The quantitative estimate of drug-likeness (QED) is 0.701. The van der Waals surface area contributed by atoms with E-state index in [0.29, 0.717) is 12.0 Å². The normalized spacial score (nSPS) is 22.5. The van der Waals surface area contributed by atoms with E-state index in [-0.39, 0.29) is 5.56 Å². The van der Waals surface area contributed by atoms with Gasteiger partial charge in [-0.05, 0) is 54.4 Å². The fraction of sp³-hybridized carbons (Fsp3) is 0.375. The minimum atomic E-state index is -0.0637. The fourth-order valence-electron chi connectivity index (χ4n) is 3.44. The van der Waals surface area contributed by atoms with Gasteiger partial charge in [0.05, 0.1) is 16.6 Å². The molecule has 0 bridgehead atoms. The summed E-state index contributed by atoms with van der Waals surface area (Å²) in [6.07, 6.45) is 2.05. The molecule has 0 spiro atoms. The van der Waals surface area contributed by atoms with Crippen molar-refractivity contribution in [2.75, 3.05) is 6.54 Å². The SMILES string of the molecule is C[C@@H]1C[C@@H](c2cc(=O)[nH]c3c4c(Br)cccc4nn23)CCN1. The Kier molecular flexibility index (Phi) is 3.31. The third kappa shape index (κ3) is 2.18. The number of aromatic nitrogens is 3. The second kappa shape index (κ2) is 5.21. The molecule has 0 aliphatic carbocycles. The summed E-state index contributed by atoms with van der Waals surface area (Å²) in [6, 6.07) is 8.07. The maximum absolute atomic E-state index is 12.2. The molecule has 0 radical (unpaired) electrons. The predicted molar refractivity (Wildman–Crippen MR) is 90.5 cm³/mol. The summed E-state index contributed by atoms with van der Waals surface area (Å²) in [5.41, 5.74) is 2.61. The smallest absolute Gasteiger partial charge is 0.251 e. The van der Waals surface area contributed by atoms with Crippen molar-refractivity contribution in [2.24, 2.45) is 0 Å². The number of nitrogens with one attached hydrogen (secondary N) is 2. The first-order valence-corrected chi connectivity index (χ1v) is 8.36. The van der Waals surface area contributed by atoms with Crippen LogP contribution in [0.5, 0.6) is 0 Å². The van der Waals surface area contributed by atoms with E-state index in [1.165, 1.54) is 0 Å². The van der Waals surface area contributed by atoms with E-state index < -0.39 is 0 Å². The van der Waals surface area contributed by atoms with Crippen LogP contribution in [0.4, 0.5) is 0 Å². The Morgan fingerprint density at radius 3 is 3.09 bits per heavy atom. The zero-order chi connectivity index (χ0) is 15.3. The molecule has 1 aliphatic heterocycles. The second-order valence-corrected chi connectivity index (χ2v) is 6.88. The first-order valence-electron chi connectivity index (χ1n) is 7.57. The number of H-pyrrole nitrogens is 1. The number of rotatable bonds is 1. The van der Waals surface area contributed by atoms with Gasteiger partial charge in [0.25, 0.3) is 5.56 Å². The number of benzene rings is 1. The number of piperidine rings is 1. The molecule has 4 rings (SSSR count). The van der Waals surface area contributed by atoms with E-state index in [0.717, 1.165) is 46.1 Å². The summed E-state index contributed by atoms with van der Waals surface area (Å²) in [5.74, 6) is 0.356. The predicted octanol–water partition coefficient (Wildman–Crippen LogP) is 2.79. The van der Waals surface area contributed by atoms with Gasteiger partial charge in [-0.1, -0.05) is 6.07 Å². The van der Waals surface area contributed by atoms with Crippen LogP contribution >= 0.6 is 15.9 Å². The van der Waals surface area contributed by atoms with Gasteiger partial charge in [-0.15, -0.1) is 0 Å². The third-order valence-electron chi connectivity index (χ3n) is 4.46. The van der Waals surface area contributed by atoms with Crippen molar-refractivity contribution in [3.63, 3.8) is 0 Å². The van der Waals surface area contributed by atoms with Crippen molar-refractivity contribution in [3.8, 4) is 0 Å². The highest BCUT2D eigenvalue weighted by atomic mass is 79.9. The fourth-order valence-corrected chi connectivity index (χ4v) is 3.98. The largest absolute Gasteiger partial charge is 0.314 e. The van der Waals surface area contributed by atoms with Crippen molar-refractivity contribution < 1.29 is 0 Å². The molecule has 2 atom stereocenters. The molecule has 3 aromatic rings. The Labute approximate surface area is 135 Å². The van der Waals surface area contributed by atoms with E-state index in [4.69, 9.17) is 5.10 Å². The lowest BCUT2D eigenvalue weighted by Crippen LogP contribution is -2.35. The van der Waals surface area contributed by atoms with Crippen molar-refractivity contribution in [3.05, 3.63) is 44.8 Å². The van der Waals surface area contributed by atoms with Gasteiger partial charge in [0.2, 0.25) is 0 Å². The van der Waals surface area contributed by atoms with Gasteiger partial charge in [0.15, 0.2) is 0 Å². The molecule has 1 saturated heterocycles. The minimum Gasteiger partial charge on any atom is -0.314 e. The highest BCUT2D eigenvalue weighted by Crippen LogP contribution is 2.31. The van der Waals surface area contributed by atoms with Crippen molar-refractivity contribution in [1.82, 2.24) is 19.9 Å². The second-order valence-electron chi connectivity index (χ2n) is 6.03. The molecule has 0 saturated carbocycles. The minimum absolute atomic E-state index is 0.0637. The molecule has 0 unspecified atom stereocenters. The molecule has 3 heterocycles. The number of fused-ring (bicyclic) bond motifs is 3. The molecule has 2 N–H and O–H groups in total. The van der Waals surface area contributed by atoms with E-state index in [2.05, 4.69) is 33.2 Å². The Balaban J connectivity index is 2.00. The van der Waals surface area contributed by atoms with Crippen LogP contribution in [-0.2, 0) is 0 Å². The number of hydrogen-bond donors (Lipinski definition) is 2. The molecule has 1 fully saturated rings. The first kappa shape index (κ1) is 14.0. The van der Waals surface area contributed by atoms with Crippen molar-refractivity contribution >= 4 is 32.5 Å². The zero-order valence-corrected chi connectivity index (χ0v) is 13.9. The molecule has 5 nitrogen and oxygen atoms in total. The molecule has 22 heavy (non-hydrogen) atoms. The van der Waals surface area contributed by atoms with Crippen LogP contribution in [0.1, 0.15) is 31.4 Å². The van der Waals surface area contributed by atoms with Gasteiger partial charge in [-0.2, -0.15) is 5.10 Å². The van der Waals surface area contributed by atoms with Gasteiger partial charge < -0.3 is 10.3 Å². The van der Waals surface area contributed by atoms with E-state index in [9.17, 15) is 4.79 Å². The standard InChI is InChI=1S/C16H17BrN4O/c1-9-7-10(5-6-18-9)13-8-14(22)19-16-15-11(17)3-2-4-12(15)20-21(13)16/h2-4,8-10,18H,5-7H2,1H3,(H,19,22)/t9-,10+/m1/s1. The average Bonchev–Trinajstić information content (AvgIpc) is 2.86. The summed E-state index contributed by atoms with van der Waals surface area (Å²) in [6.45, 7) is 3.16. The van der Waals surface area contributed by atoms with Crippen LogP contribution in [0.3, 0.4) is 0 Å². The number of aromatic amines is 1. The summed E-state index contributed by atoms with van der Waals surface area (Å²) in [7, 11) is 0. The number of hydrogen-bond acceptors (Lipinski definition) is 3. The van der Waals surface area contributed by atoms with Crippen LogP contribution in [-0.4, -0.2) is 27.2 Å². The first-order chi connectivity index (χ1) is 10.6. The Morgan fingerprint density at radius 1 is 1.41 bits per heavy atom. The topological polar surface area (TPSA) is 62.2 Å². The van der Waals surface area contributed by atoms with Crippen LogP contribution in [0.2, 0.25) is 0 Å². The summed E-state index contributed by atoms with van der Waals surface area (Å²) in [4.78, 5) is 15.1. The van der Waals surface area contributed by atoms with Crippen LogP contribution in [0, 0.1) is 0 Å². The maximum Gasteiger partial charge on any atom is 0.251 e. The van der Waals surface area contributed by atoms with Gasteiger partial charge in [-0.3, -0.25) is 4.79 Å². The summed E-state index contributed by atoms with van der Waals surface area (Å²) < 4.78 is 2.87. The molecule has 2 aromatic heterocycles. The Hall–Kier alpha value is -1.66. The molecule has 1 aromatic carbocycles.